The molecule has 0 amide bonds. The van der Waals surface area contributed by atoms with Crippen molar-refractivity contribution in [2.75, 3.05) is 19.7 Å². The molecule has 2 heteroatoms. The van der Waals surface area contributed by atoms with Crippen LogP contribution < -0.4 is 5.32 Å². The van der Waals surface area contributed by atoms with Crippen LogP contribution in [0.5, 0.6) is 0 Å². The zero-order chi connectivity index (χ0) is 6.53. The topological polar surface area (TPSA) is 21.3 Å². The molecule has 0 bridgehead atoms. The van der Waals surface area contributed by atoms with E-state index < -0.39 is 0 Å². The fraction of sp³-hybridized carbons (Fsp3) is 0.714. The van der Waals surface area contributed by atoms with Crippen LogP contribution >= 0.6 is 0 Å². The highest BCUT2D eigenvalue weighted by atomic mass is 16.5. The summed E-state index contributed by atoms with van der Waals surface area (Å²) in [6, 6.07) is 0. The Morgan fingerprint density at radius 2 is 2.67 bits per heavy atom. The van der Waals surface area contributed by atoms with E-state index in [0.29, 0.717) is 0 Å². The molecule has 0 aliphatic carbocycles. The molecule has 1 heterocycles. The van der Waals surface area contributed by atoms with E-state index in [1.54, 1.807) is 0 Å². The molecule has 0 aromatic heterocycles. The molecule has 1 fully saturated rings. The first-order chi connectivity index (χ1) is 4.43. The zero-order valence-corrected chi connectivity index (χ0v) is 5.39. The molecule has 0 aromatic carbocycles. The minimum Gasteiger partial charge on any atom is -0.375 e. The number of hydrogen-bond acceptors (Lipinski definition) is 2. The predicted molar refractivity (Wildman–Crippen MR) is 36.1 cm³/mol. The number of terminal acetylenes is 1. The summed E-state index contributed by atoms with van der Waals surface area (Å²) >= 11 is 0. The maximum absolute atomic E-state index is 5.31. The lowest BCUT2D eigenvalue weighted by atomic mass is 10.2. The molecule has 1 atom stereocenters. The van der Waals surface area contributed by atoms with Crippen LogP contribution in [0.1, 0.15) is 6.42 Å². The Kier molecular flexibility index (Phi) is 2.56. The Morgan fingerprint density at radius 3 is 3.22 bits per heavy atom. The minimum atomic E-state index is 0.253. The van der Waals surface area contributed by atoms with Gasteiger partial charge in [0.15, 0.2) is 0 Å². The van der Waals surface area contributed by atoms with Gasteiger partial charge in [0, 0.05) is 19.5 Å². The fourth-order valence-corrected chi connectivity index (χ4v) is 0.882. The van der Waals surface area contributed by atoms with Crippen molar-refractivity contribution in [1.29, 1.82) is 0 Å². The second-order valence-electron chi connectivity index (χ2n) is 2.11. The number of ether oxygens (including phenoxy) is 1. The van der Waals surface area contributed by atoms with E-state index in [0.717, 1.165) is 26.1 Å². The molecular formula is C7H11NO. The standard InChI is InChI=1S/C7H11NO/c1-2-3-7-6-8-4-5-9-7/h1,7-8H,3-6H2/t7-/m1/s1. The molecule has 9 heavy (non-hydrogen) atoms. The van der Waals surface area contributed by atoms with Gasteiger partial charge in [-0.05, 0) is 0 Å². The molecule has 50 valence electrons. The summed E-state index contributed by atoms with van der Waals surface area (Å²) in [7, 11) is 0. The van der Waals surface area contributed by atoms with E-state index in [1.807, 2.05) is 0 Å². The van der Waals surface area contributed by atoms with Crippen molar-refractivity contribution in [2.24, 2.45) is 0 Å². The lowest BCUT2D eigenvalue weighted by Crippen LogP contribution is -2.38. The second kappa shape index (κ2) is 3.49. The minimum absolute atomic E-state index is 0.253. The monoisotopic (exact) mass is 125 g/mol. The normalized spacial score (nSPS) is 27.2. The maximum Gasteiger partial charge on any atom is 0.0808 e. The van der Waals surface area contributed by atoms with Crippen LogP contribution in [0.15, 0.2) is 0 Å². The summed E-state index contributed by atoms with van der Waals surface area (Å²) in [5.74, 6) is 2.57. The quantitative estimate of drug-likeness (QED) is 0.498. The smallest absolute Gasteiger partial charge is 0.0808 e. The van der Waals surface area contributed by atoms with E-state index in [9.17, 15) is 0 Å². The zero-order valence-electron chi connectivity index (χ0n) is 5.39. The molecular weight excluding hydrogens is 114 g/mol. The molecule has 1 saturated heterocycles. The van der Waals surface area contributed by atoms with E-state index in [-0.39, 0.29) is 6.10 Å². The second-order valence-corrected chi connectivity index (χ2v) is 2.11. The fourth-order valence-electron chi connectivity index (χ4n) is 0.882. The Morgan fingerprint density at radius 1 is 1.78 bits per heavy atom. The van der Waals surface area contributed by atoms with Crippen molar-refractivity contribution in [2.45, 2.75) is 12.5 Å². The van der Waals surface area contributed by atoms with Crippen molar-refractivity contribution in [3.63, 3.8) is 0 Å². The highest BCUT2D eigenvalue weighted by Crippen LogP contribution is 1.98. The van der Waals surface area contributed by atoms with Gasteiger partial charge in [-0.2, -0.15) is 0 Å². The molecule has 1 aliphatic heterocycles. The molecule has 1 N–H and O–H groups in total. The molecule has 0 saturated carbocycles. The van der Waals surface area contributed by atoms with Gasteiger partial charge in [-0.15, -0.1) is 12.3 Å². The summed E-state index contributed by atoms with van der Waals surface area (Å²) in [6.07, 6.45) is 6.08. The van der Waals surface area contributed by atoms with Gasteiger partial charge in [0.25, 0.3) is 0 Å². The molecule has 1 aliphatic rings. The van der Waals surface area contributed by atoms with Gasteiger partial charge in [-0.3, -0.25) is 0 Å². The summed E-state index contributed by atoms with van der Waals surface area (Å²) in [5.41, 5.74) is 0. The third-order valence-electron chi connectivity index (χ3n) is 1.35. The Balaban J connectivity index is 2.17. The van der Waals surface area contributed by atoms with Crippen LogP contribution in [0, 0.1) is 12.3 Å². The van der Waals surface area contributed by atoms with Gasteiger partial charge >= 0.3 is 0 Å². The lowest BCUT2D eigenvalue weighted by Gasteiger charge is -2.21. The maximum atomic E-state index is 5.31. The third kappa shape index (κ3) is 2.05. The Labute approximate surface area is 55.6 Å². The van der Waals surface area contributed by atoms with Crippen molar-refractivity contribution >= 4 is 0 Å². The lowest BCUT2D eigenvalue weighted by molar-refractivity contribution is 0.0322. The van der Waals surface area contributed by atoms with Crippen molar-refractivity contribution in [3.05, 3.63) is 0 Å². The summed E-state index contributed by atoms with van der Waals surface area (Å²) in [5, 5.41) is 3.20. The molecule has 0 spiro atoms. The van der Waals surface area contributed by atoms with Gasteiger partial charge in [-0.25, -0.2) is 0 Å². The number of nitrogens with one attached hydrogen (secondary N) is 1. The van der Waals surface area contributed by atoms with Crippen LogP contribution in [-0.2, 0) is 4.74 Å². The first kappa shape index (κ1) is 6.60. The molecule has 2 nitrogen and oxygen atoms in total. The number of hydrogen-bond donors (Lipinski definition) is 1. The largest absolute Gasteiger partial charge is 0.375 e. The van der Waals surface area contributed by atoms with Gasteiger partial charge in [-0.1, -0.05) is 0 Å². The van der Waals surface area contributed by atoms with E-state index in [1.165, 1.54) is 0 Å². The van der Waals surface area contributed by atoms with Crippen LogP contribution in [0.2, 0.25) is 0 Å². The Bertz CT molecular complexity index is 111. The highest BCUT2D eigenvalue weighted by Gasteiger charge is 2.10. The van der Waals surface area contributed by atoms with Gasteiger partial charge in [0.2, 0.25) is 0 Å². The molecule has 0 aromatic rings. The molecule has 1 rings (SSSR count). The van der Waals surface area contributed by atoms with Crippen molar-refractivity contribution in [3.8, 4) is 12.3 Å². The summed E-state index contributed by atoms with van der Waals surface area (Å²) in [4.78, 5) is 0. The number of morpholine rings is 1. The van der Waals surface area contributed by atoms with Crippen molar-refractivity contribution < 1.29 is 4.74 Å². The SMILES string of the molecule is C#CC[C@@H]1CNCCO1. The number of rotatable bonds is 1. The van der Waals surface area contributed by atoms with Crippen LogP contribution in [0.25, 0.3) is 0 Å². The third-order valence-corrected chi connectivity index (χ3v) is 1.35. The first-order valence-electron chi connectivity index (χ1n) is 3.19. The van der Waals surface area contributed by atoms with Crippen LogP contribution in [0.3, 0.4) is 0 Å². The first-order valence-corrected chi connectivity index (χ1v) is 3.19. The molecule has 0 unspecified atom stereocenters. The van der Waals surface area contributed by atoms with Crippen LogP contribution in [-0.4, -0.2) is 25.8 Å². The van der Waals surface area contributed by atoms with Crippen LogP contribution in [0.4, 0.5) is 0 Å². The van der Waals surface area contributed by atoms with E-state index in [2.05, 4.69) is 11.2 Å². The van der Waals surface area contributed by atoms with E-state index >= 15 is 0 Å². The predicted octanol–water partition coefficient (Wildman–Crippen LogP) is -0.00190. The van der Waals surface area contributed by atoms with Crippen molar-refractivity contribution in [1.82, 2.24) is 5.32 Å². The Hall–Kier alpha value is -0.520. The average molecular weight is 125 g/mol. The van der Waals surface area contributed by atoms with Gasteiger partial charge in [0.05, 0.1) is 12.7 Å². The molecule has 0 radical (unpaired) electrons. The van der Waals surface area contributed by atoms with E-state index in [4.69, 9.17) is 11.2 Å². The highest BCUT2D eigenvalue weighted by molar-refractivity contribution is 4.88. The van der Waals surface area contributed by atoms with Gasteiger partial charge in [0.1, 0.15) is 0 Å². The van der Waals surface area contributed by atoms with Gasteiger partial charge < -0.3 is 10.1 Å². The average Bonchev–Trinajstić information content (AvgIpc) is 1.91. The summed E-state index contributed by atoms with van der Waals surface area (Å²) < 4.78 is 5.31. The summed E-state index contributed by atoms with van der Waals surface area (Å²) in [6.45, 7) is 2.66.